The molecule has 0 aliphatic heterocycles. The van der Waals surface area contributed by atoms with Gasteiger partial charge >= 0.3 is 5.97 Å². The number of hydrogen-bond acceptors (Lipinski definition) is 5. The Morgan fingerprint density at radius 1 is 1.55 bits per heavy atom. The van der Waals surface area contributed by atoms with Crippen LogP contribution in [0.4, 0.5) is 0 Å². The lowest BCUT2D eigenvalue weighted by Gasteiger charge is -2.21. The lowest BCUT2D eigenvalue weighted by atomic mass is 10.5. The van der Waals surface area contributed by atoms with Crippen molar-refractivity contribution >= 4 is 27.6 Å². The van der Waals surface area contributed by atoms with Gasteiger partial charge in [-0.05, 0) is 31.9 Å². The van der Waals surface area contributed by atoms with E-state index in [9.17, 15) is 13.2 Å². The first kappa shape index (κ1) is 15.2. The summed E-state index contributed by atoms with van der Waals surface area (Å²) in [5.41, 5.74) is 0. The van der Waals surface area contributed by atoms with Gasteiger partial charge in [-0.2, -0.15) is 4.31 Å². The third-order valence-corrected chi connectivity index (χ3v) is 5.20. The smallest absolute Gasteiger partial charge is 0.321 e. The number of esters is 1. The van der Waals surface area contributed by atoms with Gasteiger partial charge in [0, 0.05) is 12.2 Å². The van der Waals surface area contributed by atoms with Crippen LogP contribution in [0.15, 0.2) is 23.2 Å². The summed E-state index contributed by atoms with van der Waals surface area (Å²) in [6.45, 7) is 1.59. The maximum atomic E-state index is 12.6. The Bertz CT molecular complexity index is 601. The van der Waals surface area contributed by atoms with Crippen LogP contribution >= 0.6 is 11.6 Å². The first-order valence-electron chi connectivity index (χ1n) is 6.24. The molecule has 1 fully saturated rings. The third-order valence-electron chi connectivity index (χ3n) is 2.86. The number of ether oxygens (including phenoxy) is 1. The minimum atomic E-state index is -3.84. The molecule has 0 spiro atoms. The molecule has 110 valence electrons. The van der Waals surface area contributed by atoms with Crippen molar-refractivity contribution in [2.45, 2.75) is 30.7 Å². The molecule has 1 aliphatic rings. The summed E-state index contributed by atoms with van der Waals surface area (Å²) < 4.78 is 31.1. The Balaban J connectivity index is 2.29. The second-order valence-electron chi connectivity index (χ2n) is 4.38. The van der Waals surface area contributed by atoms with Crippen molar-refractivity contribution in [1.29, 1.82) is 0 Å². The number of hydrogen-bond donors (Lipinski definition) is 0. The van der Waals surface area contributed by atoms with Crippen LogP contribution in [0.3, 0.4) is 0 Å². The highest BCUT2D eigenvalue weighted by Gasteiger charge is 2.40. The Kier molecular flexibility index (Phi) is 4.62. The topological polar surface area (TPSA) is 76.6 Å². The number of pyridine rings is 1. The van der Waals surface area contributed by atoms with Crippen LogP contribution in [0.25, 0.3) is 0 Å². The van der Waals surface area contributed by atoms with Crippen LogP contribution in [0, 0.1) is 0 Å². The third kappa shape index (κ3) is 3.28. The average molecular weight is 319 g/mol. The van der Waals surface area contributed by atoms with Gasteiger partial charge in [0.05, 0.1) is 6.61 Å². The largest absolute Gasteiger partial charge is 0.465 e. The zero-order valence-corrected chi connectivity index (χ0v) is 12.5. The van der Waals surface area contributed by atoms with Crippen LogP contribution in [0.1, 0.15) is 19.8 Å². The summed E-state index contributed by atoms with van der Waals surface area (Å²) >= 11 is 5.84. The Hall–Kier alpha value is -1.18. The van der Waals surface area contributed by atoms with Gasteiger partial charge in [0.15, 0.2) is 0 Å². The van der Waals surface area contributed by atoms with Crippen molar-refractivity contribution in [2.24, 2.45) is 0 Å². The summed E-state index contributed by atoms with van der Waals surface area (Å²) in [7, 11) is -3.84. The Morgan fingerprint density at radius 3 is 2.80 bits per heavy atom. The molecule has 1 aromatic heterocycles. The summed E-state index contributed by atoms with van der Waals surface area (Å²) in [5.74, 6) is -0.567. The fourth-order valence-electron chi connectivity index (χ4n) is 1.80. The van der Waals surface area contributed by atoms with E-state index in [0.717, 1.165) is 17.1 Å². The zero-order chi connectivity index (χ0) is 14.8. The standard InChI is InChI=1S/C12H15ClN2O4S/c1-2-19-11(16)8-15(9-5-6-9)20(17,18)10-4-3-7-14-12(10)13/h3-4,7,9H,2,5-6,8H2,1H3. The summed E-state index contributed by atoms with van der Waals surface area (Å²) in [6.07, 6.45) is 2.88. The molecule has 0 atom stereocenters. The van der Waals surface area contributed by atoms with E-state index in [0.29, 0.717) is 0 Å². The van der Waals surface area contributed by atoms with Gasteiger partial charge in [0.1, 0.15) is 16.6 Å². The molecular weight excluding hydrogens is 304 g/mol. The summed E-state index contributed by atoms with van der Waals surface area (Å²) in [6, 6.07) is 2.71. The molecule has 8 heteroatoms. The van der Waals surface area contributed by atoms with E-state index in [1.165, 1.54) is 18.3 Å². The number of sulfonamides is 1. The van der Waals surface area contributed by atoms with Gasteiger partial charge in [-0.1, -0.05) is 11.6 Å². The van der Waals surface area contributed by atoms with E-state index in [1.54, 1.807) is 6.92 Å². The Morgan fingerprint density at radius 2 is 2.25 bits per heavy atom. The SMILES string of the molecule is CCOC(=O)CN(C1CC1)S(=O)(=O)c1cccnc1Cl. The quantitative estimate of drug-likeness (QED) is 0.586. The highest BCUT2D eigenvalue weighted by atomic mass is 35.5. The molecule has 0 N–H and O–H groups in total. The van der Waals surface area contributed by atoms with Crippen molar-refractivity contribution in [2.75, 3.05) is 13.2 Å². The van der Waals surface area contributed by atoms with Crippen LogP contribution in [-0.4, -0.2) is 42.9 Å². The second kappa shape index (κ2) is 6.07. The Labute approximate surface area is 122 Å². The maximum Gasteiger partial charge on any atom is 0.321 e. The molecule has 1 aromatic rings. The van der Waals surface area contributed by atoms with Crippen LogP contribution in [-0.2, 0) is 19.6 Å². The highest BCUT2D eigenvalue weighted by molar-refractivity contribution is 7.89. The molecule has 1 saturated carbocycles. The molecule has 0 bridgehead atoms. The molecule has 1 aliphatic carbocycles. The van der Waals surface area contributed by atoms with Crippen LogP contribution in [0.2, 0.25) is 5.15 Å². The predicted octanol–water partition coefficient (Wildman–Crippen LogP) is 1.45. The molecule has 1 heterocycles. The minimum absolute atomic E-state index is 0.0853. The number of carbonyl (C=O) groups is 1. The predicted molar refractivity (Wildman–Crippen MR) is 72.8 cm³/mol. The van der Waals surface area contributed by atoms with E-state index in [-0.39, 0.29) is 29.2 Å². The molecule has 0 aromatic carbocycles. The van der Waals surface area contributed by atoms with Crippen LogP contribution in [0.5, 0.6) is 0 Å². The number of aromatic nitrogens is 1. The van der Waals surface area contributed by atoms with Gasteiger partial charge in [0.2, 0.25) is 10.0 Å². The first-order chi connectivity index (χ1) is 9.46. The number of nitrogens with zero attached hydrogens (tertiary/aromatic N) is 2. The zero-order valence-electron chi connectivity index (χ0n) is 11.0. The lowest BCUT2D eigenvalue weighted by Crippen LogP contribution is -2.38. The number of rotatable bonds is 6. The molecule has 0 unspecified atom stereocenters. The van der Waals surface area contributed by atoms with E-state index in [2.05, 4.69) is 4.98 Å². The molecule has 20 heavy (non-hydrogen) atoms. The fourth-order valence-corrected chi connectivity index (χ4v) is 3.86. The van der Waals surface area contributed by atoms with Crippen LogP contribution < -0.4 is 0 Å². The molecule has 0 amide bonds. The van der Waals surface area contributed by atoms with Gasteiger partial charge in [-0.15, -0.1) is 0 Å². The normalized spacial score (nSPS) is 15.3. The van der Waals surface area contributed by atoms with E-state index in [4.69, 9.17) is 16.3 Å². The summed E-state index contributed by atoms with van der Waals surface area (Å²) in [4.78, 5) is 15.3. The monoisotopic (exact) mass is 318 g/mol. The second-order valence-corrected chi connectivity index (χ2v) is 6.60. The average Bonchev–Trinajstić information content (AvgIpc) is 3.20. The van der Waals surface area contributed by atoms with E-state index in [1.807, 2.05) is 0 Å². The summed E-state index contributed by atoms with van der Waals surface area (Å²) in [5, 5.41) is -0.0954. The van der Waals surface area contributed by atoms with Crippen molar-refractivity contribution in [3.05, 3.63) is 23.5 Å². The van der Waals surface area contributed by atoms with E-state index < -0.39 is 16.0 Å². The fraction of sp³-hybridized carbons (Fsp3) is 0.500. The van der Waals surface area contributed by atoms with Gasteiger partial charge in [-0.3, -0.25) is 4.79 Å². The van der Waals surface area contributed by atoms with Gasteiger partial charge < -0.3 is 4.74 Å². The van der Waals surface area contributed by atoms with Crippen molar-refractivity contribution in [1.82, 2.24) is 9.29 Å². The number of carbonyl (C=O) groups excluding carboxylic acids is 1. The number of halogens is 1. The van der Waals surface area contributed by atoms with Crippen molar-refractivity contribution < 1.29 is 17.9 Å². The van der Waals surface area contributed by atoms with Gasteiger partial charge in [-0.25, -0.2) is 13.4 Å². The first-order valence-corrected chi connectivity index (χ1v) is 8.06. The molecular formula is C12H15ClN2O4S. The van der Waals surface area contributed by atoms with Crippen molar-refractivity contribution in [3.8, 4) is 0 Å². The van der Waals surface area contributed by atoms with Crippen molar-refractivity contribution in [3.63, 3.8) is 0 Å². The highest BCUT2D eigenvalue weighted by Crippen LogP contribution is 2.33. The molecule has 0 radical (unpaired) electrons. The van der Waals surface area contributed by atoms with E-state index >= 15 is 0 Å². The maximum absolute atomic E-state index is 12.6. The molecule has 6 nitrogen and oxygen atoms in total. The lowest BCUT2D eigenvalue weighted by molar-refractivity contribution is -0.143. The minimum Gasteiger partial charge on any atom is -0.465 e. The van der Waals surface area contributed by atoms with Gasteiger partial charge in [0.25, 0.3) is 0 Å². The molecule has 0 saturated heterocycles. The molecule has 2 rings (SSSR count).